The summed E-state index contributed by atoms with van der Waals surface area (Å²) in [5, 5.41) is 0. The van der Waals surface area contributed by atoms with Crippen molar-refractivity contribution in [2.45, 2.75) is 64.3 Å². The van der Waals surface area contributed by atoms with Crippen LogP contribution in [0, 0.1) is 11.8 Å². The van der Waals surface area contributed by atoms with Crippen LogP contribution < -0.4 is 0 Å². The van der Waals surface area contributed by atoms with Crippen LogP contribution in [0.5, 0.6) is 0 Å². The van der Waals surface area contributed by atoms with E-state index in [1.165, 1.54) is 66.6 Å². The highest BCUT2D eigenvalue weighted by atomic mass is 16.2. The molecule has 0 aromatic heterocycles. The van der Waals surface area contributed by atoms with Gasteiger partial charge in [0.1, 0.15) is 0 Å². The van der Waals surface area contributed by atoms with Crippen molar-refractivity contribution in [1.82, 2.24) is 9.80 Å². The number of carbonyl (C=O) groups is 1. The monoisotopic (exact) mass is 456 g/mol. The van der Waals surface area contributed by atoms with Gasteiger partial charge in [-0.15, -0.1) is 0 Å². The number of nitrogens with zero attached hydrogens (tertiary/aromatic N) is 2. The number of hydrogen-bond acceptors (Lipinski definition) is 2. The molecule has 3 heteroatoms. The molecule has 1 atom stereocenters. The molecule has 2 aromatic rings. The molecule has 1 aliphatic carbocycles. The normalized spacial score (nSPS) is 22.1. The molecule has 2 heterocycles. The molecule has 1 saturated heterocycles. The van der Waals surface area contributed by atoms with Gasteiger partial charge in [-0.1, -0.05) is 54.6 Å². The van der Waals surface area contributed by atoms with E-state index in [0.29, 0.717) is 5.91 Å². The number of benzene rings is 2. The largest absolute Gasteiger partial charge is 0.338 e. The van der Waals surface area contributed by atoms with Gasteiger partial charge >= 0.3 is 0 Å². The Hall–Kier alpha value is -2.39. The fourth-order valence-electron chi connectivity index (χ4n) is 6.09. The second-order valence-electron chi connectivity index (χ2n) is 10.8. The van der Waals surface area contributed by atoms with Gasteiger partial charge in [0.25, 0.3) is 0 Å². The number of piperidine rings is 1. The molecule has 1 fully saturated rings. The molecular formula is C31H40N2O. The predicted molar refractivity (Wildman–Crippen MR) is 140 cm³/mol. The Kier molecular flexibility index (Phi) is 7.49. The van der Waals surface area contributed by atoms with Crippen molar-refractivity contribution >= 4 is 11.5 Å². The van der Waals surface area contributed by atoms with E-state index in [1.807, 2.05) is 0 Å². The zero-order chi connectivity index (χ0) is 23.3. The molecule has 1 amide bonds. The zero-order valence-electron chi connectivity index (χ0n) is 20.8. The maximum absolute atomic E-state index is 13.3. The molecule has 2 aliphatic heterocycles. The highest BCUT2D eigenvalue weighted by molar-refractivity contribution is 5.80. The highest BCUT2D eigenvalue weighted by Crippen LogP contribution is 2.32. The lowest BCUT2D eigenvalue weighted by Crippen LogP contribution is -2.39. The first-order valence-electron chi connectivity index (χ1n) is 13.5. The third kappa shape index (κ3) is 5.63. The number of carbonyl (C=O) groups excluding carboxylic acids is 1. The second-order valence-corrected chi connectivity index (χ2v) is 10.8. The SMILES string of the molecule is CN1CCC(CCc2ccc(C3=CCCC(C(=O)N4CCc5ccccc5C4)CC3)cc2)CC1. The zero-order valence-corrected chi connectivity index (χ0v) is 20.8. The fourth-order valence-corrected chi connectivity index (χ4v) is 6.09. The molecule has 5 rings (SSSR count). The summed E-state index contributed by atoms with van der Waals surface area (Å²) < 4.78 is 0. The van der Waals surface area contributed by atoms with Gasteiger partial charge in [0.15, 0.2) is 0 Å². The summed E-state index contributed by atoms with van der Waals surface area (Å²) in [6.07, 6.45) is 12.6. The number of fused-ring (bicyclic) bond motifs is 1. The van der Waals surface area contributed by atoms with Gasteiger partial charge in [0.05, 0.1) is 0 Å². The average molecular weight is 457 g/mol. The first kappa shape index (κ1) is 23.4. The van der Waals surface area contributed by atoms with Crippen LogP contribution in [0.2, 0.25) is 0 Å². The first-order valence-corrected chi connectivity index (χ1v) is 13.5. The van der Waals surface area contributed by atoms with Crippen LogP contribution in [0.1, 0.15) is 67.2 Å². The number of aryl methyl sites for hydroxylation is 1. The van der Waals surface area contributed by atoms with Crippen LogP contribution in [0.25, 0.3) is 5.57 Å². The molecule has 2 aromatic carbocycles. The molecule has 0 saturated carbocycles. The lowest BCUT2D eigenvalue weighted by molar-refractivity contribution is -0.136. The van der Waals surface area contributed by atoms with Crippen molar-refractivity contribution in [3.63, 3.8) is 0 Å². The van der Waals surface area contributed by atoms with Crippen molar-refractivity contribution in [2.75, 3.05) is 26.7 Å². The summed E-state index contributed by atoms with van der Waals surface area (Å²) in [6.45, 7) is 4.16. The van der Waals surface area contributed by atoms with Crippen molar-refractivity contribution in [3.05, 3.63) is 76.9 Å². The van der Waals surface area contributed by atoms with Gasteiger partial charge < -0.3 is 9.80 Å². The molecule has 0 radical (unpaired) electrons. The first-order chi connectivity index (χ1) is 16.7. The van der Waals surface area contributed by atoms with Crippen molar-refractivity contribution in [1.29, 1.82) is 0 Å². The summed E-state index contributed by atoms with van der Waals surface area (Å²) in [6, 6.07) is 17.9. The van der Waals surface area contributed by atoms with E-state index >= 15 is 0 Å². The minimum absolute atomic E-state index is 0.160. The number of allylic oxidation sites excluding steroid dienone is 2. The lowest BCUT2D eigenvalue weighted by atomic mass is 9.90. The van der Waals surface area contributed by atoms with Crippen LogP contribution in [0.15, 0.2) is 54.6 Å². The van der Waals surface area contributed by atoms with Crippen LogP contribution >= 0.6 is 0 Å². The van der Waals surface area contributed by atoms with E-state index in [-0.39, 0.29) is 5.92 Å². The van der Waals surface area contributed by atoms with Gasteiger partial charge in [0, 0.05) is 19.0 Å². The Morgan fingerprint density at radius 1 is 0.882 bits per heavy atom. The fraction of sp³-hybridized carbons (Fsp3) is 0.516. The number of likely N-dealkylation sites (tertiary alicyclic amines) is 1. The molecule has 34 heavy (non-hydrogen) atoms. The highest BCUT2D eigenvalue weighted by Gasteiger charge is 2.28. The Morgan fingerprint density at radius 3 is 2.44 bits per heavy atom. The maximum Gasteiger partial charge on any atom is 0.226 e. The molecule has 3 aliphatic rings. The Bertz CT molecular complexity index is 1000. The van der Waals surface area contributed by atoms with E-state index in [1.54, 1.807) is 0 Å². The summed E-state index contributed by atoms with van der Waals surface area (Å²) in [4.78, 5) is 17.9. The average Bonchev–Trinajstić information content (AvgIpc) is 3.14. The van der Waals surface area contributed by atoms with E-state index in [4.69, 9.17) is 0 Å². The molecule has 0 bridgehead atoms. The topological polar surface area (TPSA) is 23.6 Å². The Morgan fingerprint density at radius 2 is 1.65 bits per heavy atom. The van der Waals surface area contributed by atoms with Gasteiger partial charge in [-0.2, -0.15) is 0 Å². The van der Waals surface area contributed by atoms with E-state index in [0.717, 1.165) is 51.1 Å². The number of hydrogen-bond donors (Lipinski definition) is 0. The molecule has 3 nitrogen and oxygen atoms in total. The summed E-state index contributed by atoms with van der Waals surface area (Å²) in [7, 11) is 2.24. The Labute approximate surface area is 205 Å². The van der Waals surface area contributed by atoms with Crippen molar-refractivity contribution in [2.24, 2.45) is 11.8 Å². The van der Waals surface area contributed by atoms with Crippen LogP contribution in [0.3, 0.4) is 0 Å². The minimum Gasteiger partial charge on any atom is -0.338 e. The van der Waals surface area contributed by atoms with Crippen LogP contribution in [-0.2, 0) is 24.2 Å². The lowest BCUT2D eigenvalue weighted by Gasteiger charge is -2.31. The molecule has 0 spiro atoms. The molecule has 1 unspecified atom stereocenters. The smallest absolute Gasteiger partial charge is 0.226 e. The van der Waals surface area contributed by atoms with Crippen molar-refractivity contribution < 1.29 is 4.79 Å². The Balaban J connectivity index is 1.12. The number of rotatable bonds is 5. The molecule has 180 valence electrons. The second kappa shape index (κ2) is 10.9. The predicted octanol–water partition coefficient (Wildman–Crippen LogP) is 6.12. The van der Waals surface area contributed by atoms with E-state index in [9.17, 15) is 4.79 Å². The van der Waals surface area contributed by atoms with Gasteiger partial charge in [0.2, 0.25) is 5.91 Å². The maximum atomic E-state index is 13.3. The molecule has 0 N–H and O–H groups in total. The summed E-state index contributed by atoms with van der Waals surface area (Å²) >= 11 is 0. The quantitative estimate of drug-likeness (QED) is 0.541. The van der Waals surface area contributed by atoms with Crippen LogP contribution in [0.4, 0.5) is 0 Å². The third-order valence-electron chi connectivity index (χ3n) is 8.46. The van der Waals surface area contributed by atoms with Gasteiger partial charge in [-0.05, 0) is 112 Å². The van der Waals surface area contributed by atoms with Crippen molar-refractivity contribution in [3.8, 4) is 0 Å². The summed E-state index contributed by atoms with van der Waals surface area (Å²) in [5.74, 6) is 1.42. The van der Waals surface area contributed by atoms with E-state index in [2.05, 4.69) is 71.5 Å². The summed E-state index contributed by atoms with van der Waals surface area (Å²) in [5.41, 5.74) is 6.98. The standard InChI is InChI=1S/C31H40N2O/c1-32-20-17-25(18-21-32)10-9-24-11-13-28(14-12-24)26-7-4-8-29(16-15-26)31(34)33-22-19-27-5-2-3-6-30(27)23-33/h2-3,5-7,11-14,25,29H,4,8-10,15-23H2,1H3. The minimum atomic E-state index is 0.160. The molecular weight excluding hydrogens is 416 g/mol. The third-order valence-corrected chi connectivity index (χ3v) is 8.46. The van der Waals surface area contributed by atoms with Gasteiger partial charge in [-0.3, -0.25) is 4.79 Å². The van der Waals surface area contributed by atoms with Gasteiger partial charge in [-0.25, -0.2) is 0 Å². The number of amides is 1. The van der Waals surface area contributed by atoms with Crippen LogP contribution in [-0.4, -0.2) is 42.4 Å². The van der Waals surface area contributed by atoms with E-state index < -0.39 is 0 Å².